The first-order valence-corrected chi connectivity index (χ1v) is 16.7. The molecule has 2 aliphatic rings. The number of hydrogen-bond donors (Lipinski definition) is 6. The molecular formula is C28H28ClN7O8S2. The van der Waals surface area contributed by atoms with Crippen LogP contribution in [0, 0.1) is 0 Å². The summed E-state index contributed by atoms with van der Waals surface area (Å²) in [7, 11) is -10.4. The van der Waals surface area contributed by atoms with E-state index in [4.69, 9.17) is 23.1 Å². The second-order valence-electron chi connectivity index (χ2n) is 10.7. The number of nitrogens with one attached hydrogen (secondary N) is 2. The number of nitrogens with zero attached hydrogens (tertiary/aromatic N) is 3. The summed E-state index contributed by atoms with van der Waals surface area (Å²) in [5.74, 6) is -1.87. The highest BCUT2D eigenvalue weighted by molar-refractivity contribution is 7.90. The molecule has 0 bridgehead atoms. The van der Waals surface area contributed by atoms with E-state index in [0.29, 0.717) is 0 Å². The first-order chi connectivity index (χ1) is 21.4. The van der Waals surface area contributed by atoms with E-state index in [1.165, 1.54) is 45.0 Å². The van der Waals surface area contributed by atoms with E-state index in [-0.39, 0.29) is 47.0 Å². The summed E-state index contributed by atoms with van der Waals surface area (Å²) < 4.78 is 72.9. The predicted octanol–water partition coefficient (Wildman–Crippen LogP) is 1.78. The molecule has 5 rings (SSSR count). The summed E-state index contributed by atoms with van der Waals surface area (Å²) >= 11 is 7.30. The average molecular weight is 690 g/mol. The molecule has 2 aromatic carbocycles. The first kappa shape index (κ1) is 33.1. The van der Waals surface area contributed by atoms with E-state index in [0.717, 1.165) is 18.7 Å². The zero-order valence-electron chi connectivity index (χ0n) is 24.5. The normalized spacial score (nSPS) is 21.6. The standard InChI is InChI=1S/C28H28ClN7O8S2/c1-13-22(33-9-8-30)14(2)28(36-26-34-11-32-12-35-26,27(3,29)25(13)46(42,43)44)17-10-18(45(39,40)41)21(31)20-19(17)23(37)15-6-4-5-7-16(15)24(20)38/h4-7,10-12,33H,8-9,30-31H2,1-3H3,(H,39,40,41)(H,42,43,44)(H,32,34,35,36). The van der Waals surface area contributed by atoms with Crippen LogP contribution in [0.3, 0.4) is 0 Å². The summed E-state index contributed by atoms with van der Waals surface area (Å²) in [6, 6.07) is 6.58. The van der Waals surface area contributed by atoms with Crippen molar-refractivity contribution >= 4 is 55.0 Å². The van der Waals surface area contributed by atoms with E-state index >= 15 is 0 Å². The molecule has 46 heavy (non-hydrogen) atoms. The summed E-state index contributed by atoms with van der Waals surface area (Å²) in [5.41, 5.74) is 7.60. The van der Waals surface area contributed by atoms with Crippen molar-refractivity contribution in [1.29, 1.82) is 0 Å². The van der Waals surface area contributed by atoms with Crippen LogP contribution in [0.1, 0.15) is 58.2 Å². The van der Waals surface area contributed by atoms with Crippen LogP contribution in [0.4, 0.5) is 11.6 Å². The fraction of sp³-hybridized carbons (Fsp3) is 0.250. The van der Waals surface area contributed by atoms with Crippen molar-refractivity contribution in [2.75, 3.05) is 24.1 Å². The van der Waals surface area contributed by atoms with E-state index in [2.05, 4.69) is 25.6 Å². The number of aromatic nitrogens is 3. The predicted molar refractivity (Wildman–Crippen MR) is 167 cm³/mol. The number of alkyl halides is 1. The smallest absolute Gasteiger partial charge is 0.296 e. The fourth-order valence-corrected chi connectivity index (χ4v) is 8.86. The molecule has 0 saturated heterocycles. The van der Waals surface area contributed by atoms with Crippen molar-refractivity contribution in [2.45, 2.75) is 36.1 Å². The van der Waals surface area contributed by atoms with E-state index in [1.807, 2.05) is 0 Å². The number of halogens is 1. The lowest BCUT2D eigenvalue weighted by molar-refractivity contribution is 0.0977. The molecule has 0 fully saturated rings. The lowest BCUT2D eigenvalue weighted by Crippen LogP contribution is -2.59. The Morgan fingerprint density at radius 2 is 1.52 bits per heavy atom. The second-order valence-corrected chi connectivity index (χ2v) is 14.3. The van der Waals surface area contributed by atoms with Crippen LogP contribution in [-0.4, -0.2) is 70.4 Å². The molecule has 3 aromatic rings. The van der Waals surface area contributed by atoms with Gasteiger partial charge in [0.1, 0.15) is 32.9 Å². The quantitative estimate of drug-likeness (QED) is 0.0875. The Morgan fingerprint density at radius 1 is 0.957 bits per heavy atom. The second kappa shape index (κ2) is 11.2. The van der Waals surface area contributed by atoms with Crippen LogP contribution in [-0.2, 0) is 25.8 Å². The van der Waals surface area contributed by atoms with Crippen molar-refractivity contribution in [1.82, 2.24) is 20.3 Å². The number of ketones is 2. The van der Waals surface area contributed by atoms with Gasteiger partial charge in [0.25, 0.3) is 20.2 Å². The summed E-state index contributed by atoms with van der Waals surface area (Å²) in [6.07, 6.45) is 2.20. The van der Waals surface area contributed by atoms with Gasteiger partial charge in [0.15, 0.2) is 11.6 Å². The number of nitrogens with two attached hydrogens (primary N) is 2. The minimum atomic E-state index is -5.21. The van der Waals surface area contributed by atoms with E-state index < -0.39 is 74.4 Å². The van der Waals surface area contributed by atoms with Crippen LogP contribution in [0.25, 0.3) is 0 Å². The van der Waals surface area contributed by atoms with Gasteiger partial charge in [-0.05, 0) is 43.5 Å². The maximum atomic E-state index is 14.4. The van der Waals surface area contributed by atoms with Gasteiger partial charge >= 0.3 is 0 Å². The number of nitrogen functional groups attached to an aromatic ring is 1. The number of fused-ring (bicyclic) bond motifs is 2. The molecule has 242 valence electrons. The molecule has 0 spiro atoms. The summed E-state index contributed by atoms with van der Waals surface area (Å²) in [5, 5.41) is 5.99. The molecule has 0 amide bonds. The van der Waals surface area contributed by atoms with Crippen LogP contribution in [0.15, 0.2) is 69.6 Å². The molecule has 1 heterocycles. The maximum Gasteiger partial charge on any atom is 0.296 e. The topological polar surface area (TPSA) is 258 Å². The van der Waals surface area contributed by atoms with Gasteiger partial charge in [-0.15, -0.1) is 11.6 Å². The third-order valence-corrected chi connectivity index (χ3v) is 10.9. The molecule has 15 nitrogen and oxygen atoms in total. The Kier molecular flexibility index (Phi) is 8.07. The molecule has 0 saturated carbocycles. The van der Waals surface area contributed by atoms with Crippen molar-refractivity contribution in [3.63, 3.8) is 0 Å². The van der Waals surface area contributed by atoms with Crippen molar-refractivity contribution in [3.8, 4) is 0 Å². The monoisotopic (exact) mass is 689 g/mol. The molecule has 2 aliphatic carbocycles. The van der Waals surface area contributed by atoms with Gasteiger partial charge < -0.3 is 22.1 Å². The molecule has 8 N–H and O–H groups in total. The lowest BCUT2D eigenvalue weighted by Gasteiger charge is -2.51. The highest BCUT2D eigenvalue weighted by atomic mass is 35.5. The number of anilines is 2. The fourth-order valence-electron chi connectivity index (χ4n) is 6.36. The Hall–Kier alpha value is -4.26. The Morgan fingerprint density at radius 3 is 2.04 bits per heavy atom. The minimum absolute atomic E-state index is 0.0221. The van der Waals surface area contributed by atoms with Crippen LogP contribution >= 0.6 is 11.6 Å². The number of carbonyl (C=O) groups is 2. The SMILES string of the molecule is CC1=C(S(=O)(=O)O)C(C)(Cl)C(Nc2ncncn2)(c2cc(S(=O)(=O)O)c(N)c3c2C(=O)c2ccccc2C3=O)C(C)=C1NCCN. The molecular weight excluding hydrogens is 662 g/mol. The summed E-state index contributed by atoms with van der Waals surface area (Å²) in [6.45, 7) is 4.25. The molecule has 1 aromatic heterocycles. The Balaban J connectivity index is 2.08. The Bertz CT molecular complexity index is 2120. The van der Waals surface area contributed by atoms with E-state index in [9.17, 15) is 35.5 Å². The van der Waals surface area contributed by atoms with Crippen molar-refractivity contribution < 1.29 is 35.5 Å². The van der Waals surface area contributed by atoms with E-state index in [1.54, 1.807) is 0 Å². The van der Waals surface area contributed by atoms with Crippen LogP contribution in [0.2, 0.25) is 0 Å². The van der Waals surface area contributed by atoms with Crippen LogP contribution in [0.5, 0.6) is 0 Å². The molecule has 0 aliphatic heterocycles. The first-order valence-electron chi connectivity index (χ1n) is 13.5. The lowest BCUT2D eigenvalue weighted by atomic mass is 9.65. The maximum absolute atomic E-state index is 14.4. The number of hydrogen-bond acceptors (Lipinski definition) is 13. The molecule has 18 heteroatoms. The third kappa shape index (κ3) is 4.86. The zero-order valence-corrected chi connectivity index (χ0v) is 26.9. The summed E-state index contributed by atoms with van der Waals surface area (Å²) in [4.78, 5) is 36.3. The molecule has 0 radical (unpaired) electrons. The molecule has 2 unspecified atom stereocenters. The average Bonchev–Trinajstić information content (AvgIpc) is 2.97. The van der Waals surface area contributed by atoms with Gasteiger partial charge in [-0.3, -0.25) is 18.7 Å². The number of benzene rings is 2. The molecule has 2 atom stereocenters. The van der Waals surface area contributed by atoms with Crippen molar-refractivity contribution in [3.05, 3.63) is 92.6 Å². The number of allylic oxidation sites excluding steroid dienone is 1. The van der Waals surface area contributed by atoms with Gasteiger partial charge in [0.2, 0.25) is 5.95 Å². The van der Waals surface area contributed by atoms with Gasteiger partial charge in [-0.1, -0.05) is 24.3 Å². The minimum Gasteiger partial charge on any atom is -0.397 e. The third-order valence-electron chi connectivity index (χ3n) is 8.16. The van der Waals surface area contributed by atoms with Crippen molar-refractivity contribution in [2.24, 2.45) is 5.73 Å². The van der Waals surface area contributed by atoms with Gasteiger partial charge in [-0.2, -0.15) is 16.8 Å². The van der Waals surface area contributed by atoms with Gasteiger partial charge in [0, 0.05) is 35.5 Å². The highest BCUT2D eigenvalue weighted by Crippen LogP contribution is 2.58. The largest absolute Gasteiger partial charge is 0.397 e. The number of rotatable bonds is 8. The highest BCUT2D eigenvalue weighted by Gasteiger charge is 2.61. The zero-order chi connectivity index (χ0) is 34.0. The Labute approximate surface area is 268 Å². The van der Waals surface area contributed by atoms with Gasteiger partial charge in [0.05, 0.1) is 11.3 Å². The van der Waals surface area contributed by atoms with Crippen LogP contribution < -0.4 is 22.1 Å². The van der Waals surface area contributed by atoms with Gasteiger partial charge in [-0.25, -0.2) is 15.0 Å². The number of carbonyl (C=O) groups excluding carboxylic acids is 2.